The van der Waals surface area contributed by atoms with Crippen molar-refractivity contribution in [3.8, 4) is 39.8 Å². The Morgan fingerprint density at radius 3 is 2.39 bits per heavy atom. The van der Waals surface area contributed by atoms with E-state index in [-0.39, 0.29) is 10.6 Å². The van der Waals surface area contributed by atoms with Gasteiger partial charge in [-0.2, -0.15) is 5.10 Å². The van der Waals surface area contributed by atoms with Gasteiger partial charge in [-0.1, -0.05) is 11.6 Å². The second-order valence-electron chi connectivity index (χ2n) is 6.65. The van der Waals surface area contributed by atoms with Crippen molar-refractivity contribution in [3.63, 3.8) is 0 Å². The molecule has 4 rings (SSSR count). The summed E-state index contributed by atoms with van der Waals surface area (Å²) < 4.78 is 29.1. The molecular weight excluding hydrogens is 376 g/mol. The Morgan fingerprint density at radius 2 is 1.68 bits per heavy atom. The van der Waals surface area contributed by atoms with E-state index in [9.17, 15) is 13.5 Å². The molecule has 0 aliphatic rings. The number of aromatic amines is 1. The van der Waals surface area contributed by atoms with E-state index in [1.54, 1.807) is 36.4 Å². The first kappa shape index (κ1) is 18.1. The Labute approximate surface area is 162 Å². The van der Waals surface area contributed by atoms with Gasteiger partial charge >= 0.3 is 0 Å². The van der Waals surface area contributed by atoms with Crippen molar-refractivity contribution < 1.29 is 17.9 Å². The number of phenolic OH excluding ortho intramolecular Hbond substituents is 1. The summed E-state index contributed by atoms with van der Waals surface area (Å²) in [5.41, 5.74) is 3.76. The van der Waals surface area contributed by atoms with Gasteiger partial charge in [0.25, 0.3) is 0 Å². The lowest BCUT2D eigenvalue weighted by molar-refractivity contribution is 0.477. The fraction of sp³-hybridized carbons (Fsp3) is 0.0952. The molecule has 0 aliphatic carbocycles. The smallest absolute Gasteiger partial charge is 0.175 e. The maximum Gasteiger partial charge on any atom is 0.175 e. The fourth-order valence-corrected chi connectivity index (χ4v) is 3.58. The minimum atomic E-state index is -3.23. The van der Waals surface area contributed by atoms with Crippen LogP contribution >= 0.6 is 0 Å². The number of furan rings is 1. The predicted octanol–water partition coefficient (Wildman–Crippen LogP) is 4.42. The fourth-order valence-electron chi connectivity index (χ4n) is 2.95. The molecule has 28 heavy (non-hydrogen) atoms. The van der Waals surface area contributed by atoms with Gasteiger partial charge in [-0.25, -0.2) is 8.42 Å². The molecule has 0 amide bonds. The number of aromatic nitrogens is 2. The summed E-state index contributed by atoms with van der Waals surface area (Å²) in [6.07, 6.45) is 1.17. The molecule has 2 heterocycles. The number of rotatable bonds is 4. The molecule has 2 aromatic heterocycles. The average molecular weight is 394 g/mol. The summed E-state index contributed by atoms with van der Waals surface area (Å²) in [5.74, 6) is 1.35. The van der Waals surface area contributed by atoms with Crippen molar-refractivity contribution in [2.75, 3.05) is 6.26 Å². The molecule has 0 atom stereocenters. The van der Waals surface area contributed by atoms with Crippen LogP contribution in [0.4, 0.5) is 0 Å². The average Bonchev–Trinajstić information content (AvgIpc) is 3.32. The third kappa shape index (κ3) is 3.44. The number of hydrogen-bond donors (Lipinski definition) is 2. The van der Waals surface area contributed by atoms with Crippen molar-refractivity contribution in [1.82, 2.24) is 10.2 Å². The zero-order valence-corrected chi connectivity index (χ0v) is 16.1. The molecule has 2 aromatic carbocycles. The number of nitrogens with zero attached hydrogens (tertiary/aromatic N) is 1. The molecular formula is C21H18N2O4S. The molecule has 0 spiro atoms. The van der Waals surface area contributed by atoms with E-state index in [2.05, 4.69) is 10.2 Å². The lowest BCUT2D eigenvalue weighted by Crippen LogP contribution is -1.95. The van der Waals surface area contributed by atoms with Crippen molar-refractivity contribution in [3.05, 3.63) is 66.2 Å². The monoisotopic (exact) mass is 394 g/mol. The summed E-state index contributed by atoms with van der Waals surface area (Å²) in [7, 11) is -3.23. The first-order chi connectivity index (χ1) is 13.3. The molecule has 0 bridgehead atoms. The van der Waals surface area contributed by atoms with Crippen LogP contribution in [0.5, 0.6) is 5.75 Å². The van der Waals surface area contributed by atoms with E-state index >= 15 is 0 Å². The highest BCUT2D eigenvalue weighted by Gasteiger charge is 2.14. The van der Waals surface area contributed by atoms with E-state index in [1.165, 1.54) is 6.26 Å². The Bertz CT molecular complexity index is 1250. The van der Waals surface area contributed by atoms with Gasteiger partial charge in [-0.3, -0.25) is 5.10 Å². The Kier molecular flexibility index (Phi) is 4.31. The zero-order valence-electron chi connectivity index (χ0n) is 15.3. The number of sulfone groups is 1. The van der Waals surface area contributed by atoms with Crippen LogP contribution in [0.3, 0.4) is 0 Å². The zero-order chi connectivity index (χ0) is 19.9. The third-order valence-electron chi connectivity index (χ3n) is 4.45. The molecule has 6 nitrogen and oxygen atoms in total. The molecule has 142 valence electrons. The van der Waals surface area contributed by atoms with Gasteiger partial charge in [0.15, 0.2) is 15.6 Å². The molecule has 2 N–H and O–H groups in total. The normalized spacial score (nSPS) is 11.6. The number of phenols is 1. The van der Waals surface area contributed by atoms with Gasteiger partial charge in [0, 0.05) is 17.4 Å². The number of aryl methyl sites for hydroxylation is 1. The minimum Gasteiger partial charge on any atom is -0.507 e. The van der Waals surface area contributed by atoms with E-state index in [0.717, 1.165) is 11.1 Å². The Morgan fingerprint density at radius 1 is 0.964 bits per heavy atom. The number of H-pyrrole nitrogens is 1. The van der Waals surface area contributed by atoms with Crippen LogP contribution in [-0.4, -0.2) is 30.0 Å². The molecule has 0 unspecified atom stereocenters. The Hall–Kier alpha value is -3.32. The first-order valence-electron chi connectivity index (χ1n) is 8.57. The number of benzene rings is 2. The molecule has 0 fully saturated rings. The van der Waals surface area contributed by atoms with Crippen molar-refractivity contribution in [2.45, 2.75) is 11.8 Å². The highest BCUT2D eigenvalue weighted by atomic mass is 32.2. The van der Waals surface area contributed by atoms with E-state index in [1.807, 2.05) is 31.2 Å². The SMILES string of the molecule is Cc1ccc(O)c(-c2cc(-c3ccc(-c4ccc(S(C)(=O)=O)cc4)o3)n[nH]2)c1. The molecule has 0 radical (unpaired) electrons. The summed E-state index contributed by atoms with van der Waals surface area (Å²) in [5, 5.41) is 17.3. The highest BCUT2D eigenvalue weighted by molar-refractivity contribution is 7.90. The van der Waals surface area contributed by atoms with Crippen LogP contribution in [0.1, 0.15) is 5.56 Å². The maximum atomic E-state index is 11.6. The van der Waals surface area contributed by atoms with Crippen LogP contribution < -0.4 is 0 Å². The van der Waals surface area contributed by atoms with Crippen molar-refractivity contribution in [2.24, 2.45) is 0 Å². The predicted molar refractivity (Wildman–Crippen MR) is 107 cm³/mol. The van der Waals surface area contributed by atoms with Crippen molar-refractivity contribution in [1.29, 1.82) is 0 Å². The molecule has 0 saturated heterocycles. The Balaban J connectivity index is 1.63. The van der Waals surface area contributed by atoms with Crippen LogP contribution in [-0.2, 0) is 9.84 Å². The lowest BCUT2D eigenvalue weighted by atomic mass is 10.1. The number of aromatic hydroxyl groups is 1. The van der Waals surface area contributed by atoms with E-state index < -0.39 is 9.84 Å². The largest absolute Gasteiger partial charge is 0.507 e. The quantitative estimate of drug-likeness (QED) is 0.534. The standard InChI is InChI=1S/C21H18N2O4S/c1-13-3-8-19(24)16(11-13)17-12-18(23-22-17)21-10-9-20(27-21)14-4-6-15(7-5-14)28(2,25)26/h3-12,24H,1-2H3,(H,22,23). The second-order valence-corrected chi connectivity index (χ2v) is 8.66. The summed E-state index contributed by atoms with van der Waals surface area (Å²) in [6, 6.07) is 17.3. The molecule has 4 aromatic rings. The summed E-state index contributed by atoms with van der Waals surface area (Å²) in [4.78, 5) is 0.262. The number of hydrogen-bond acceptors (Lipinski definition) is 5. The van der Waals surface area contributed by atoms with E-state index in [4.69, 9.17) is 4.42 Å². The van der Waals surface area contributed by atoms with Gasteiger partial charge in [0.05, 0.1) is 10.6 Å². The highest BCUT2D eigenvalue weighted by Crippen LogP contribution is 2.33. The summed E-state index contributed by atoms with van der Waals surface area (Å²) >= 11 is 0. The van der Waals surface area contributed by atoms with Crippen molar-refractivity contribution >= 4 is 9.84 Å². The first-order valence-corrected chi connectivity index (χ1v) is 10.5. The lowest BCUT2D eigenvalue weighted by Gasteiger charge is -2.02. The maximum absolute atomic E-state index is 11.6. The minimum absolute atomic E-state index is 0.173. The van der Waals surface area contributed by atoms with Crippen LogP contribution in [0, 0.1) is 6.92 Å². The van der Waals surface area contributed by atoms with Crippen LogP contribution in [0.25, 0.3) is 34.0 Å². The van der Waals surface area contributed by atoms with Crippen LogP contribution in [0.15, 0.2) is 70.0 Å². The van der Waals surface area contributed by atoms with E-state index in [0.29, 0.717) is 28.5 Å². The second kappa shape index (κ2) is 6.69. The molecule has 0 aliphatic heterocycles. The van der Waals surface area contributed by atoms with Gasteiger partial charge in [0.2, 0.25) is 0 Å². The molecule has 7 heteroatoms. The number of nitrogens with one attached hydrogen (secondary N) is 1. The third-order valence-corrected chi connectivity index (χ3v) is 5.57. The van der Waals surface area contributed by atoms with Crippen LogP contribution in [0.2, 0.25) is 0 Å². The van der Waals surface area contributed by atoms with Gasteiger partial charge in [0.1, 0.15) is 17.2 Å². The molecule has 0 saturated carbocycles. The topological polar surface area (TPSA) is 96.2 Å². The van der Waals surface area contributed by atoms with Gasteiger partial charge in [-0.15, -0.1) is 0 Å². The van der Waals surface area contributed by atoms with Gasteiger partial charge < -0.3 is 9.52 Å². The van der Waals surface area contributed by atoms with Gasteiger partial charge in [-0.05, 0) is 61.5 Å². The summed E-state index contributed by atoms with van der Waals surface area (Å²) in [6.45, 7) is 1.95.